The molecule has 1 fully saturated rings. The van der Waals surface area contributed by atoms with Crippen LogP contribution in [0.5, 0.6) is 5.75 Å². The summed E-state index contributed by atoms with van der Waals surface area (Å²) in [5.74, 6) is 2.03. The lowest BCUT2D eigenvalue weighted by Gasteiger charge is -2.23. The van der Waals surface area contributed by atoms with Crippen LogP contribution in [0.25, 0.3) is 0 Å². The number of carboxylic acid groups (broad SMARTS) is 1. The summed E-state index contributed by atoms with van der Waals surface area (Å²) in [5.41, 5.74) is 6.82. The highest BCUT2D eigenvalue weighted by molar-refractivity contribution is 7.99. The van der Waals surface area contributed by atoms with Crippen molar-refractivity contribution in [2.45, 2.75) is 37.8 Å². The molecule has 3 N–H and O–H groups in total. The number of halogens is 1. The first-order valence-corrected chi connectivity index (χ1v) is 8.60. The molecular weight excluding hydrogens is 310 g/mol. The molecule has 2 atom stereocenters. The molecule has 0 amide bonds. The molecule has 6 heteroatoms. The average molecular weight is 330 g/mol. The van der Waals surface area contributed by atoms with Crippen LogP contribution in [0.15, 0.2) is 18.2 Å². The van der Waals surface area contributed by atoms with E-state index in [0.717, 1.165) is 17.7 Å². The summed E-state index contributed by atoms with van der Waals surface area (Å²) >= 11 is 8.15. The van der Waals surface area contributed by atoms with Gasteiger partial charge in [-0.3, -0.25) is 4.79 Å². The first kappa shape index (κ1) is 16.5. The van der Waals surface area contributed by atoms with Crippen LogP contribution in [0.2, 0.25) is 5.02 Å². The molecule has 116 valence electrons. The van der Waals surface area contributed by atoms with Crippen LogP contribution in [-0.4, -0.2) is 28.7 Å². The summed E-state index contributed by atoms with van der Waals surface area (Å²) in [7, 11) is 0. The van der Waals surface area contributed by atoms with E-state index in [1.54, 1.807) is 6.07 Å². The molecule has 1 heterocycles. The van der Waals surface area contributed by atoms with Gasteiger partial charge in [0.25, 0.3) is 0 Å². The Labute approximate surface area is 134 Å². The number of benzene rings is 1. The first-order valence-electron chi connectivity index (χ1n) is 7.07. The number of ether oxygens (including phenoxy) is 1. The van der Waals surface area contributed by atoms with Crippen molar-refractivity contribution in [1.82, 2.24) is 0 Å². The zero-order chi connectivity index (χ0) is 15.2. The minimum absolute atomic E-state index is 0.0519. The fourth-order valence-electron chi connectivity index (χ4n) is 2.27. The number of thioether (sulfide) groups is 1. The molecule has 1 aromatic rings. The maximum Gasteiger partial charge on any atom is 0.303 e. The van der Waals surface area contributed by atoms with Gasteiger partial charge in [0.2, 0.25) is 0 Å². The van der Waals surface area contributed by atoms with Gasteiger partial charge in [0.05, 0.1) is 5.02 Å². The predicted octanol–water partition coefficient (Wildman–Crippen LogP) is 3.48. The summed E-state index contributed by atoms with van der Waals surface area (Å²) < 4.78 is 5.93. The molecule has 0 aromatic heterocycles. The third-order valence-electron chi connectivity index (χ3n) is 3.47. The topological polar surface area (TPSA) is 72.6 Å². The highest BCUT2D eigenvalue weighted by Crippen LogP contribution is 2.31. The Kier molecular flexibility index (Phi) is 6.21. The van der Waals surface area contributed by atoms with E-state index in [1.807, 2.05) is 23.9 Å². The monoisotopic (exact) mass is 329 g/mol. The second kappa shape index (κ2) is 7.92. The van der Waals surface area contributed by atoms with Crippen molar-refractivity contribution in [2.24, 2.45) is 5.73 Å². The Balaban J connectivity index is 1.97. The van der Waals surface area contributed by atoms with Gasteiger partial charge in [-0.2, -0.15) is 11.8 Å². The van der Waals surface area contributed by atoms with Gasteiger partial charge in [-0.05, 0) is 42.7 Å². The summed E-state index contributed by atoms with van der Waals surface area (Å²) in [5, 5.41) is 9.22. The Morgan fingerprint density at radius 2 is 2.38 bits per heavy atom. The van der Waals surface area contributed by atoms with Crippen LogP contribution >= 0.6 is 23.4 Å². The van der Waals surface area contributed by atoms with E-state index in [9.17, 15) is 4.79 Å². The van der Waals surface area contributed by atoms with Crippen molar-refractivity contribution < 1.29 is 14.6 Å². The van der Waals surface area contributed by atoms with Crippen molar-refractivity contribution in [3.63, 3.8) is 0 Å². The summed E-state index contributed by atoms with van der Waals surface area (Å²) in [6.45, 7) is 0. The highest BCUT2D eigenvalue weighted by atomic mass is 35.5. The molecule has 1 saturated heterocycles. The normalized spacial score (nSPS) is 20.0. The zero-order valence-electron chi connectivity index (χ0n) is 11.8. The van der Waals surface area contributed by atoms with Crippen molar-refractivity contribution in [1.29, 1.82) is 0 Å². The third kappa shape index (κ3) is 5.09. The van der Waals surface area contributed by atoms with E-state index >= 15 is 0 Å². The van der Waals surface area contributed by atoms with E-state index in [2.05, 4.69) is 0 Å². The third-order valence-corrected chi connectivity index (χ3v) is 4.95. The van der Waals surface area contributed by atoms with Crippen LogP contribution in [0.4, 0.5) is 0 Å². The van der Waals surface area contributed by atoms with Gasteiger partial charge in [-0.25, -0.2) is 0 Å². The number of nitrogens with two attached hydrogens (primary N) is 1. The number of hydrogen-bond donors (Lipinski definition) is 2. The number of hydrogen-bond acceptors (Lipinski definition) is 4. The number of carbonyl (C=O) groups is 1. The number of carboxylic acids is 1. The van der Waals surface area contributed by atoms with Crippen molar-refractivity contribution >= 4 is 29.3 Å². The largest absolute Gasteiger partial charge is 0.488 e. The fraction of sp³-hybridized carbons (Fsp3) is 0.533. The second-order valence-corrected chi connectivity index (χ2v) is 6.74. The van der Waals surface area contributed by atoms with Crippen LogP contribution in [0.1, 0.15) is 37.3 Å². The molecule has 1 aliphatic rings. The van der Waals surface area contributed by atoms with E-state index in [-0.39, 0.29) is 18.6 Å². The molecule has 1 aliphatic heterocycles. The minimum Gasteiger partial charge on any atom is -0.488 e. The molecule has 21 heavy (non-hydrogen) atoms. The van der Waals surface area contributed by atoms with Crippen LogP contribution < -0.4 is 10.5 Å². The van der Waals surface area contributed by atoms with Crippen molar-refractivity contribution in [3.8, 4) is 5.75 Å². The Morgan fingerprint density at radius 1 is 1.57 bits per heavy atom. The second-order valence-electron chi connectivity index (χ2n) is 5.19. The zero-order valence-corrected chi connectivity index (χ0v) is 13.3. The van der Waals surface area contributed by atoms with E-state index in [1.165, 1.54) is 12.2 Å². The quantitative estimate of drug-likeness (QED) is 0.836. The van der Waals surface area contributed by atoms with Gasteiger partial charge < -0.3 is 15.6 Å². The van der Waals surface area contributed by atoms with E-state index in [4.69, 9.17) is 27.2 Å². The van der Waals surface area contributed by atoms with Gasteiger partial charge in [0.1, 0.15) is 11.9 Å². The molecular formula is C15H20ClNO3S. The smallest absolute Gasteiger partial charge is 0.303 e. The number of rotatable bonds is 6. The average Bonchev–Trinajstić information content (AvgIpc) is 2.48. The Hall–Kier alpha value is -0.910. The molecule has 0 bridgehead atoms. The molecule has 1 aromatic carbocycles. The van der Waals surface area contributed by atoms with Gasteiger partial charge in [0.15, 0.2) is 0 Å². The van der Waals surface area contributed by atoms with Crippen LogP contribution in [-0.2, 0) is 4.79 Å². The highest BCUT2D eigenvalue weighted by Gasteiger charge is 2.17. The first-order chi connectivity index (χ1) is 10.1. The van der Waals surface area contributed by atoms with E-state index in [0.29, 0.717) is 17.2 Å². The van der Waals surface area contributed by atoms with Crippen molar-refractivity contribution in [3.05, 3.63) is 28.8 Å². The van der Waals surface area contributed by atoms with Crippen LogP contribution in [0, 0.1) is 0 Å². The molecule has 0 spiro atoms. The minimum atomic E-state index is -0.841. The summed E-state index contributed by atoms with van der Waals surface area (Å²) in [6, 6.07) is 5.15. The van der Waals surface area contributed by atoms with Gasteiger partial charge in [-0.15, -0.1) is 0 Å². The fourth-order valence-corrected chi connectivity index (χ4v) is 3.54. The van der Waals surface area contributed by atoms with Crippen LogP contribution in [0.3, 0.4) is 0 Å². The molecule has 0 radical (unpaired) electrons. The van der Waals surface area contributed by atoms with Gasteiger partial charge >= 0.3 is 5.97 Å². The Bertz CT molecular complexity index is 492. The molecule has 4 nitrogen and oxygen atoms in total. The maximum atomic E-state index is 10.6. The summed E-state index contributed by atoms with van der Waals surface area (Å²) in [4.78, 5) is 10.6. The number of aliphatic carboxylic acids is 1. The molecule has 0 aliphatic carbocycles. The Morgan fingerprint density at radius 3 is 3.00 bits per heavy atom. The lowest BCUT2D eigenvalue weighted by molar-refractivity contribution is -0.137. The van der Waals surface area contributed by atoms with E-state index < -0.39 is 5.97 Å². The molecule has 2 rings (SSSR count). The molecule has 0 saturated carbocycles. The summed E-state index contributed by atoms with van der Waals surface area (Å²) in [6.07, 6.45) is 2.89. The predicted molar refractivity (Wildman–Crippen MR) is 86.2 cm³/mol. The maximum absolute atomic E-state index is 10.6. The standard InChI is InChI=1S/C15H20ClNO3S/c16-12-8-10(13(17)4-6-15(18)19)3-5-14(12)20-11-2-1-7-21-9-11/h3,5,8,11,13H,1-2,4,6-7,9,17H2,(H,18,19). The van der Waals surface area contributed by atoms with Gasteiger partial charge in [0, 0.05) is 18.2 Å². The SMILES string of the molecule is NC(CCC(=O)O)c1ccc(OC2CCCSC2)c(Cl)c1. The van der Waals surface area contributed by atoms with Gasteiger partial charge in [-0.1, -0.05) is 17.7 Å². The van der Waals surface area contributed by atoms with Crippen molar-refractivity contribution in [2.75, 3.05) is 11.5 Å². The molecule has 2 unspecified atom stereocenters. The lowest BCUT2D eigenvalue weighted by atomic mass is 10.0. The lowest BCUT2D eigenvalue weighted by Crippen LogP contribution is -2.23.